The van der Waals surface area contributed by atoms with Crippen molar-refractivity contribution in [2.45, 2.75) is 64.6 Å². The van der Waals surface area contributed by atoms with Crippen LogP contribution in [0.3, 0.4) is 0 Å². The predicted molar refractivity (Wildman–Crippen MR) is 112 cm³/mol. The predicted octanol–water partition coefficient (Wildman–Crippen LogP) is 3.24. The number of Topliss-reactive ketones (excluding diaryl/α,β-unsaturated/α-hetero) is 1. The average molecular weight is 396 g/mol. The quantitative estimate of drug-likeness (QED) is 0.590. The van der Waals surface area contributed by atoms with Gasteiger partial charge in [0.05, 0.1) is 5.56 Å². The van der Waals surface area contributed by atoms with Gasteiger partial charge in [-0.2, -0.15) is 0 Å². The summed E-state index contributed by atoms with van der Waals surface area (Å²) in [5.74, 6) is -0.848. The van der Waals surface area contributed by atoms with Crippen molar-refractivity contribution in [3.63, 3.8) is 0 Å². The van der Waals surface area contributed by atoms with E-state index < -0.39 is 11.7 Å². The first-order valence-electron chi connectivity index (χ1n) is 10.7. The number of likely N-dealkylation sites (tertiary alicyclic amines) is 2. The molecule has 29 heavy (non-hydrogen) atoms. The van der Waals surface area contributed by atoms with E-state index in [0.29, 0.717) is 18.7 Å². The first kappa shape index (κ1) is 19.7. The lowest BCUT2D eigenvalue weighted by Gasteiger charge is -2.39. The zero-order chi connectivity index (χ0) is 20.5. The molecule has 154 valence electrons. The van der Waals surface area contributed by atoms with Crippen LogP contribution in [0.25, 0.3) is 10.9 Å². The van der Waals surface area contributed by atoms with E-state index in [9.17, 15) is 14.4 Å². The minimum absolute atomic E-state index is 0.0651. The fraction of sp³-hybridized carbons (Fsp3) is 0.522. The van der Waals surface area contributed by atoms with Crippen LogP contribution in [0, 0.1) is 0 Å². The number of hydrogen-bond donors (Lipinski definition) is 0. The van der Waals surface area contributed by atoms with Crippen LogP contribution >= 0.6 is 0 Å². The Morgan fingerprint density at radius 3 is 2.31 bits per heavy atom. The highest BCUT2D eigenvalue weighted by Crippen LogP contribution is 2.26. The number of benzene rings is 1. The van der Waals surface area contributed by atoms with Gasteiger partial charge in [0.1, 0.15) is 6.54 Å². The number of hydrogen-bond acceptors (Lipinski definition) is 3. The normalized spacial score (nSPS) is 22.3. The molecule has 0 saturated carbocycles. The molecule has 0 N–H and O–H groups in total. The number of piperidine rings is 1. The molecule has 6 nitrogen and oxygen atoms in total. The summed E-state index contributed by atoms with van der Waals surface area (Å²) in [6.07, 6.45) is 6.78. The first-order chi connectivity index (χ1) is 14.0. The molecule has 2 fully saturated rings. The number of rotatable bonds is 4. The van der Waals surface area contributed by atoms with Gasteiger partial charge >= 0.3 is 0 Å². The van der Waals surface area contributed by atoms with Gasteiger partial charge in [-0.1, -0.05) is 18.2 Å². The number of aromatic nitrogens is 1. The largest absolute Gasteiger partial charge is 0.337 e. The van der Waals surface area contributed by atoms with Crippen molar-refractivity contribution >= 4 is 28.5 Å². The maximum atomic E-state index is 13.1. The van der Waals surface area contributed by atoms with E-state index in [1.165, 1.54) is 0 Å². The third-order valence-corrected chi connectivity index (χ3v) is 6.41. The van der Waals surface area contributed by atoms with Crippen LogP contribution in [-0.2, 0) is 16.1 Å². The van der Waals surface area contributed by atoms with Gasteiger partial charge < -0.3 is 14.4 Å². The van der Waals surface area contributed by atoms with E-state index in [2.05, 4.69) is 13.8 Å². The molecular formula is C23H29N3O3. The SMILES string of the molecule is C[C@@H]1CCC[C@H](C)N1C(=O)Cn1cc(C(=O)C(=O)N2CCCC2)c2ccccc21. The highest BCUT2D eigenvalue weighted by atomic mass is 16.2. The molecular weight excluding hydrogens is 366 g/mol. The Morgan fingerprint density at radius 1 is 0.966 bits per heavy atom. The fourth-order valence-corrected chi connectivity index (χ4v) is 4.88. The Morgan fingerprint density at radius 2 is 1.62 bits per heavy atom. The van der Waals surface area contributed by atoms with Crippen molar-refractivity contribution in [3.05, 3.63) is 36.0 Å². The number of carbonyl (C=O) groups excluding carboxylic acids is 3. The van der Waals surface area contributed by atoms with Crippen molar-refractivity contribution in [1.82, 2.24) is 14.4 Å². The number of fused-ring (bicyclic) bond motifs is 1. The van der Waals surface area contributed by atoms with Crippen LogP contribution in [0.15, 0.2) is 30.5 Å². The number of ketones is 1. The molecule has 2 aliphatic heterocycles. The topological polar surface area (TPSA) is 62.6 Å². The van der Waals surface area contributed by atoms with E-state index in [1.807, 2.05) is 33.7 Å². The van der Waals surface area contributed by atoms with Crippen LogP contribution in [0.5, 0.6) is 0 Å². The highest BCUT2D eigenvalue weighted by molar-refractivity contribution is 6.44. The van der Waals surface area contributed by atoms with Crippen molar-refractivity contribution in [1.29, 1.82) is 0 Å². The van der Waals surface area contributed by atoms with Crippen molar-refractivity contribution in [3.8, 4) is 0 Å². The lowest BCUT2D eigenvalue weighted by molar-refractivity contribution is -0.137. The average Bonchev–Trinajstić information content (AvgIpc) is 3.36. The van der Waals surface area contributed by atoms with Gasteiger partial charge in [-0.3, -0.25) is 14.4 Å². The van der Waals surface area contributed by atoms with Crippen molar-refractivity contribution < 1.29 is 14.4 Å². The lowest BCUT2D eigenvalue weighted by atomic mass is 9.97. The van der Waals surface area contributed by atoms with Gasteiger partial charge in [-0.15, -0.1) is 0 Å². The molecule has 1 aromatic carbocycles. The third-order valence-electron chi connectivity index (χ3n) is 6.41. The Labute approximate surface area is 171 Å². The summed E-state index contributed by atoms with van der Waals surface area (Å²) in [6.45, 7) is 5.68. The van der Waals surface area contributed by atoms with Gasteiger partial charge in [0.2, 0.25) is 5.91 Å². The Bertz CT molecular complexity index is 932. The molecule has 0 unspecified atom stereocenters. The summed E-state index contributed by atoms with van der Waals surface area (Å²) in [5.41, 5.74) is 1.21. The van der Waals surface area contributed by atoms with E-state index in [4.69, 9.17) is 0 Å². The molecule has 2 atom stereocenters. The molecule has 0 bridgehead atoms. The Balaban J connectivity index is 1.63. The second kappa shape index (κ2) is 8.01. The molecule has 0 aliphatic carbocycles. The van der Waals surface area contributed by atoms with Gasteiger partial charge in [0.25, 0.3) is 11.7 Å². The fourth-order valence-electron chi connectivity index (χ4n) is 4.88. The molecule has 6 heteroatoms. The molecule has 1 aromatic heterocycles. The second-order valence-electron chi connectivity index (χ2n) is 8.45. The molecule has 2 aromatic rings. The molecule has 2 aliphatic rings. The Hall–Kier alpha value is -2.63. The summed E-state index contributed by atoms with van der Waals surface area (Å²) >= 11 is 0. The Kier molecular flexibility index (Phi) is 5.43. The molecule has 2 amide bonds. The second-order valence-corrected chi connectivity index (χ2v) is 8.45. The third kappa shape index (κ3) is 3.68. The maximum Gasteiger partial charge on any atom is 0.295 e. The summed E-state index contributed by atoms with van der Waals surface area (Å²) < 4.78 is 1.83. The van der Waals surface area contributed by atoms with Crippen LogP contribution in [0.4, 0.5) is 0 Å². The van der Waals surface area contributed by atoms with Gasteiger partial charge in [0, 0.05) is 42.3 Å². The van der Waals surface area contributed by atoms with Gasteiger partial charge in [-0.25, -0.2) is 0 Å². The minimum atomic E-state index is -0.478. The molecule has 0 radical (unpaired) electrons. The number of nitrogens with zero attached hydrogens (tertiary/aromatic N) is 3. The standard InChI is InChI=1S/C23H29N3O3/c1-16-8-7-9-17(2)26(16)21(27)15-25-14-19(18-10-3-4-11-20(18)25)22(28)23(29)24-12-5-6-13-24/h3-4,10-11,14,16-17H,5-9,12-13,15H2,1-2H3/t16-,17+. The summed E-state index contributed by atoms with van der Waals surface area (Å²) in [7, 11) is 0. The monoisotopic (exact) mass is 395 g/mol. The smallest absolute Gasteiger partial charge is 0.295 e. The molecule has 0 spiro atoms. The van der Waals surface area contributed by atoms with Gasteiger partial charge in [-0.05, 0) is 52.0 Å². The molecule has 4 rings (SSSR count). The van der Waals surface area contributed by atoms with Gasteiger partial charge in [0.15, 0.2) is 0 Å². The minimum Gasteiger partial charge on any atom is -0.337 e. The zero-order valence-electron chi connectivity index (χ0n) is 17.3. The summed E-state index contributed by atoms with van der Waals surface area (Å²) in [5, 5.41) is 0.734. The highest BCUT2D eigenvalue weighted by Gasteiger charge is 2.31. The molecule has 2 saturated heterocycles. The van der Waals surface area contributed by atoms with E-state index >= 15 is 0 Å². The van der Waals surface area contributed by atoms with Crippen LogP contribution in [-0.4, -0.2) is 57.1 Å². The van der Waals surface area contributed by atoms with Crippen LogP contribution < -0.4 is 0 Å². The van der Waals surface area contributed by atoms with E-state index in [-0.39, 0.29) is 24.5 Å². The van der Waals surface area contributed by atoms with Crippen molar-refractivity contribution in [2.24, 2.45) is 0 Å². The lowest BCUT2D eigenvalue weighted by Crippen LogP contribution is -2.48. The van der Waals surface area contributed by atoms with Crippen LogP contribution in [0.2, 0.25) is 0 Å². The number of carbonyl (C=O) groups is 3. The van der Waals surface area contributed by atoms with E-state index in [1.54, 1.807) is 11.1 Å². The first-order valence-corrected chi connectivity index (χ1v) is 10.7. The van der Waals surface area contributed by atoms with Crippen LogP contribution in [0.1, 0.15) is 56.3 Å². The van der Waals surface area contributed by atoms with Crippen molar-refractivity contribution in [2.75, 3.05) is 13.1 Å². The number of amides is 2. The maximum absolute atomic E-state index is 13.1. The van der Waals surface area contributed by atoms with E-state index in [0.717, 1.165) is 43.0 Å². The number of para-hydroxylation sites is 1. The molecule has 3 heterocycles. The summed E-state index contributed by atoms with van der Waals surface area (Å²) in [4.78, 5) is 42.3. The zero-order valence-corrected chi connectivity index (χ0v) is 17.3. The summed E-state index contributed by atoms with van der Waals surface area (Å²) in [6, 6.07) is 7.97.